The molecule has 2 amide bonds. The van der Waals surface area contributed by atoms with Gasteiger partial charge in [-0.2, -0.15) is 5.10 Å². The molecule has 2 atom stereocenters. The van der Waals surface area contributed by atoms with E-state index in [2.05, 4.69) is 20.7 Å². The van der Waals surface area contributed by atoms with Crippen LogP contribution in [0.5, 0.6) is 0 Å². The van der Waals surface area contributed by atoms with Crippen LogP contribution < -0.4 is 10.6 Å². The highest BCUT2D eigenvalue weighted by molar-refractivity contribution is 5.74. The molecule has 1 aliphatic heterocycles. The third-order valence-electron chi connectivity index (χ3n) is 4.20. The highest BCUT2D eigenvalue weighted by Gasteiger charge is 2.31. The number of nitrogens with one attached hydrogen (secondary N) is 2. The normalized spacial score (nSPS) is 20.4. The van der Waals surface area contributed by atoms with Gasteiger partial charge in [0, 0.05) is 49.4 Å². The van der Waals surface area contributed by atoms with Gasteiger partial charge < -0.3 is 15.4 Å². The van der Waals surface area contributed by atoms with E-state index >= 15 is 0 Å². The van der Waals surface area contributed by atoms with E-state index in [0.29, 0.717) is 13.2 Å². The summed E-state index contributed by atoms with van der Waals surface area (Å²) in [6.45, 7) is 3.06. The molecule has 0 aliphatic carbocycles. The maximum Gasteiger partial charge on any atom is 0.315 e. The van der Waals surface area contributed by atoms with Gasteiger partial charge in [0.05, 0.1) is 12.2 Å². The van der Waals surface area contributed by atoms with Crippen molar-refractivity contribution in [3.63, 3.8) is 0 Å². The highest BCUT2D eigenvalue weighted by atomic mass is 16.5. The number of urea groups is 1. The van der Waals surface area contributed by atoms with Crippen LogP contribution in [0, 0.1) is 6.92 Å². The molecule has 7 heteroatoms. The second-order valence-corrected chi connectivity index (χ2v) is 5.68. The molecule has 122 valence electrons. The van der Waals surface area contributed by atoms with Gasteiger partial charge in [-0.3, -0.25) is 9.67 Å². The molecule has 1 fully saturated rings. The predicted octanol–water partition coefficient (Wildman–Crippen LogP) is 1.45. The molecule has 1 aliphatic rings. The van der Waals surface area contributed by atoms with Gasteiger partial charge in [-0.05, 0) is 19.4 Å². The summed E-state index contributed by atoms with van der Waals surface area (Å²) in [4.78, 5) is 16.3. The zero-order chi connectivity index (χ0) is 16.2. The Hall–Kier alpha value is -2.41. The maximum absolute atomic E-state index is 12.1. The zero-order valence-electron chi connectivity index (χ0n) is 13.3. The molecule has 0 saturated carbocycles. The lowest BCUT2D eigenvalue weighted by atomic mass is 10.0. The summed E-state index contributed by atoms with van der Waals surface area (Å²) >= 11 is 0. The number of ether oxygens (including phenoxy) is 1. The molecule has 2 N–H and O–H groups in total. The molecule has 2 aromatic heterocycles. The average Bonchev–Trinajstić information content (AvgIpc) is 3.14. The van der Waals surface area contributed by atoms with Crippen molar-refractivity contribution in [3.05, 3.63) is 47.5 Å². The monoisotopic (exact) mass is 315 g/mol. The molecule has 3 rings (SSSR count). The predicted molar refractivity (Wildman–Crippen MR) is 84.7 cm³/mol. The molecule has 0 bridgehead atoms. The summed E-state index contributed by atoms with van der Waals surface area (Å²) in [6.07, 6.45) is 5.92. The Morgan fingerprint density at radius 3 is 3.04 bits per heavy atom. The number of aryl methyl sites for hydroxylation is 1. The van der Waals surface area contributed by atoms with Crippen LogP contribution in [0.3, 0.4) is 0 Å². The smallest absolute Gasteiger partial charge is 0.315 e. The van der Waals surface area contributed by atoms with Crippen molar-refractivity contribution >= 4 is 6.03 Å². The van der Waals surface area contributed by atoms with E-state index < -0.39 is 0 Å². The van der Waals surface area contributed by atoms with Gasteiger partial charge in [0.25, 0.3) is 0 Å². The minimum Gasteiger partial charge on any atom is -0.371 e. The maximum atomic E-state index is 12.1. The number of carbonyl (C=O) groups excluding carboxylic acids is 1. The van der Waals surface area contributed by atoms with Gasteiger partial charge in [0.1, 0.15) is 6.10 Å². The molecule has 0 aromatic carbocycles. The Morgan fingerprint density at radius 2 is 2.35 bits per heavy atom. The van der Waals surface area contributed by atoms with Crippen molar-refractivity contribution in [2.75, 3.05) is 6.61 Å². The Kier molecular flexibility index (Phi) is 4.57. The van der Waals surface area contributed by atoms with Crippen LogP contribution in [0.4, 0.5) is 4.79 Å². The summed E-state index contributed by atoms with van der Waals surface area (Å²) in [7, 11) is 1.88. The van der Waals surface area contributed by atoms with Gasteiger partial charge in [0.15, 0.2) is 0 Å². The Labute approximate surface area is 135 Å². The first-order valence-corrected chi connectivity index (χ1v) is 7.68. The molecule has 2 aromatic rings. The molecule has 7 nitrogen and oxygen atoms in total. The lowest BCUT2D eigenvalue weighted by molar-refractivity contribution is 0.0996. The fourth-order valence-corrected chi connectivity index (χ4v) is 2.72. The lowest BCUT2D eigenvalue weighted by Gasteiger charge is -2.20. The van der Waals surface area contributed by atoms with E-state index in [0.717, 1.165) is 23.2 Å². The molecule has 0 spiro atoms. The van der Waals surface area contributed by atoms with E-state index in [1.54, 1.807) is 23.3 Å². The minimum absolute atomic E-state index is 0.0470. The first-order valence-electron chi connectivity index (χ1n) is 7.68. The number of hydrogen-bond donors (Lipinski definition) is 2. The molecule has 0 radical (unpaired) electrons. The van der Waals surface area contributed by atoms with Gasteiger partial charge in [-0.15, -0.1) is 0 Å². The van der Waals surface area contributed by atoms with Crippen molar-refractivity contribution in [3.8, 4) is 0 Å². The Morgan fingerprint density at radius 1 is 1.48 bits per heavy atom. The van der Waals surface area contributed by atoms with Crippen LogP contribution in [-0.2, 0) is 18.3 Å². The van der Waals surface area contributed by atoms with Crippen molar-refractivity contribution < 1.29 is 9.53 Å². The van der Waals surface area contributed by atoms with Crippen LogP contribution in [0.25, 0.3) is 0 Å². The third-order valence-corrected chi connectivity index (χ3v) is 4.20. The number of rotatable bonds is 4. The largest absolute Gasteiger partial charge is 0.371 e. The number of carbonyl (C=O) groups is 1. The van der Waals surface area contributed by atoms with Gasteiger partial charge in [-0.1, -0.05) is 6.07 Å². The standard InChI is InChI=1S/C16H21N5O2/c1-11-13(10-19-21(11)2)9-18-16(22)20-14-5-7-23-15(14)12-4-3-6-17-8-12/h3-4,6,8,10,14-15H,5,7,9H2,1-2H3,(H2,18,20,22)/t14-,15+/m0/s1. The van der Waals surface area contributed by atoms with E-state index in [-0.39, 0.29) is 18.2 Å². The lowest BCUT2D eigenvalue weighted by Crippen LogP contribution is -2.43. The zero-order valence-corrected chi connectivity index (χ0v) is 13.3. The summed E-state index contributed by atoms with van der Waals surface area (Å²) in [5, 5.41) is 10.0. The quantitative estimate of drug-likeness (QED) is 0.895. The fraction of sp³-hybridized carbons (Fsp3) is 0.438. The van der Waals surface area contributed by atoms with Crippen molar-refractivity contribution in [1.82, 2.24) is 25.4 Å². The molecule has 0 unspecified atom stereocenters. The number of nitrogens with zero attached hydrogens (tertiary/aromatic N) is 3. The van der Waals surface area contributed by atoms with Crippen molar-refractivity contribution in [2.45, 2.75) is 32.0 Å². The molecule has 1 saturated heterocycles. The van der Waals surface area contributed by atoms with Gasteiger partial charge in [-0.25, -0.2) is 4.79 Å². The number of pyridine rings is 1. The second-order valence-electron chi connectivity index (χ2n) is 5.68. The number of aromatic nitrogens is 3. The first-order chi connectivity index (χ1) is 11.1. The molecular formula is C16H21N5O2. The summed E-state index contributed by atoms with van der Waals surface area (Å²) < 4.78 is 7.53. The van der Waals surface area contributed by atoms with Crippen molar-refractivity contribution in [2.24, 2.45) is 7.05 Å². The Balaban J connectivity index is 1.56. The van der Waals surface area contributed by atoms with Gasteiger partial charge in [0.2, 0.25) is 0 Å². The third kappa shape index (κ3) is 3.50. The molecule has 23 heavy (non-hydrogen) atoms. The van der Waals surface area contributed by atoms with Crippen LogP contribution >= 0.6 is 0 Å². The van der Waals surface area contributed by atoms with E-state index in [4.69, 9.17) is 4.74 Å². The Bertz CT molecular complexity index is 670. The molecule has 3 heterocycles. The van der Waals surface area contributed by atoms with Gasteiger partial charge >= 0.3 is 6.03 Å². The average molecular weight is 315 g/mol. The van der Waals surface area contributed by atoms with Crippen LogP contribution in [0.2, 0.25) is 0 Å². The topological polar surface area (TPSA) is 81.1 Å². The summed E-state index contributed by atoms with van der Waals surface area (Å²) in [5.74, 6) is 0. The van der Waals surface area contributed by atoms with E-state index in [1.807, 2.05) is 26.1 Å². The van der Waals surface area contributed by atoms with Crippen molar-refractivity contribution in [1.29, 1.82) is 0 Å². The molecular weight excluding hydrogens is 294 g/mol. The van der Waals surface area contributed by atoms with Crippen LogP contribution in [0.15, 0.2) is 30.7 Å². The summed E-state index contributed by atoms with van der Waals surface area (Å²) in [6, 6.07) is 3.60. The van der Waals surface area contributed by atoms with Crippen LogP contribution in [-0.4, -0.2) is 33.4 Å². The number of amides is 2. The second kappa shape index (κ2) is 6.78. The van der Waals surface area contributed by atoms with Crippen LogP contribution in [0.1, 0.15) is 29.3 Å². The SMILES string of the molecule is Cc1c(CNC(=O)N[C@H]2CCO[C@@H]2c2cccnc2)cnn1C. The first kappa shape index (κ1) is 15.5. The fourth-order valence-electron chi connectivity index (χ4n) is 2.72. The summed E-state index contributed by atoms with van der Waals surface area (Å²) in [5.41, 5.74) is 3.04. The van der Waals surface area contributed by atoms with E-state index in [9.17, 15) is 4.79 Å². The highest BCUT2D eigenvalue weighted by Crippen LogP contribution is 2.28. The number of hydrogen-bond acceptors (Lipinski definition) is 4. The van der Waals surface area contributed by atoms with E-state index in [1.165, 1.54) is 0 Å². The minimum atomic E-state index is -0.197.